The van der Waals surface area contributed by atoms with Gasteiger partial charge in [0, 0.05) is 62.0 Å². The third-order valence-corrected chi connectivity index (χ3v) is 8.50. The second kappa shape index (κ2) is 11.4. The van der Waals surface area contributed by atoms with E-state index in [2.05, 4.69) is 41.1 Å². The van der Waals surface area contributed by atoms with Crippen LogP contribution in [0.4, 0.5) is 10.1 Å². The molecular weight excluding hydrogens is 483 g/mol. The highest BCUT2D eigenvalue weighted by Crippen LogP contribution is 2.41. The number of rotatable bonds is 7. The van der Waals surface area contributed by atoms with Gasteiger partial charge in [0.15, 0.2) is 0 Å². The summed E-state index contributed by atoms with van der Waals surface area (Å²) in [4.78, 5) is 20.6. The van der Waals surface area contributed by atoms with Crippen LogP contribution in [0.3, 0.4) is 0 Å². The molecule has 38 heavy (non-hydrogen) atoms. The first-order valence-corrected chi connectivity index (χ1v) is 13.8. The van der Waals surface area contributed by atoms with Gasteiger partial charge < -0.3 is 20.1 Å². The van der Waals surface area contributed by atoms with Gasteiger partial charge in [-0.15, -0.1) is 0 Å². The number of aliphatic hydroxyl groups excluding tert-OH is 1. The van der Waals surface area contributed by atoms with E-state index in [1.165, 1.54) is 12.1 Å². The average Bonchev–Trinajstić information content (AvgIpc) is 3.21. The summed E-state index contributed by atoms with van der Waals surface area (Å²) in [5.41, 5.74) is 3.46. The van der Waals surface area contributed by atoms with E-state index in [9.17, 15) is 14.3 Å². The van der Waals surface area contributed by atoms with Crippen molar-refractivity contribution in [2.24, 2.45) is 0 Å². The van der Waals surface area contributed by atoms with Crippen LogP contribution in [0.15, 0.2) is 42.5 Å². The molecule has 2 N–H and O–H groups in total. The number of hydrogen-bond acceptors (Lipinski definition) is 6. The predicted octanol–water partition coefficient (Wildman–Crippen LogP) is 2.40. The van der Waals surface area contributed by atoms with Gasteiger partial charge in [-0.05, 0) is 55.2 Å². The SMILES string of the molecule is CC1COCCN1C[C@H]1CN[C@H](C)CN1CC(=O)N1CC(C)(CO)c2ccc(Cc3ccc(F)cc3)cc21. The van der Waals surface area contributed by atoms with Crippen LogP contribution in [0, 0.1) is 5.82 Å². The Bertz CT molecular complexity index is 1130. The van der Waals surface area contributed by atoms with E-state index >= 15 is 0 Å². The van der Waals surface area contributed by atoms with E-state index in [1.54, 1.807) is 12.1 Å². The summed E-state index contributed by atoms with van der Waals surface area (Å²) in [5.74, 6) is -0.182. The number of halogens is 1. The first-order valence-electron chi connectivity index (χ1n) is 13.8. The van der Waals surface area contributed by atoms with Crippen molar-refractivity contribution >= 4 is 11.6 Å². The van der Waals surface area contributed by atoms with E-state index in [1.807, 2.05) is 17.9 Å². The summed E-state index contributed by atoms with van der Waals surface area (Å²) in [5, 5.41) is 13.9. The largest absolute Gasteiger partial charge is 0.395 e. The summed E-state index contributed by atoms with van der Waals surface area (Å²) in [6.45, 7) is 12.2. The number of carbonyl (C=O) groups is 1. The van der Waals surface area contributed by atoms with Crippen molar-refractivity contribution in [3.05, 3.63) is 65.0 Å². The van der Waals surface area contributed by atoms with Crippen molar-refractivity contribution in [1.82, 2.24) is 15.1 Å². The highest BCUT2D eigenvalue weighted by Gasteiger charge is 2.42. The zero-order chi connectivity index (χ0) is 26.9. The monoisotopic (exact) mass is 524 g/mol. The maximum absolute atomic E-state index is 13.9. The minimum atomic E-state index is -0.501. The lowest BCUT2D eigenvalue weighted by Gasteiger charge is -2.43. The number of fused-ring (bicyclic) bond motifs is 1. The molecule has 3 aliphatic rings. The van der Waals surface area contributed by atoms with Crippen LogP contribution in [0.5, 0.6) is 0 Å². The number of amides is 1. The van der Waals surface area contributed by atoms with Crippen molar-refractivity contribution in [3.63, 3.8) is 0 Å². The fourth-order valence-electron chi connectivity index (χ4n) is 6.10. The molecule has 3 aliphatic heterocycles. The van der Waals surface area contributed by atoms with Crippen LogP contribution in [-0.2, 0) is 21.4 Å². The number of carbonyl (C=O) groups excluding carboxylic acids is 1. The Kier molecular flexibility index (Phi) is 8.16. The van der Waals surface area contributed by atoms with Gasteiger partial charge in [-0.2, -0.15) is 0 Å². The van der Waals surface area contributed by atoms with Crippen LogP contribution < -0.4 is 10.2 Å². The van der Waals surface area contributed by atoms with E-state index < -0.39 is 5.41 Å². The van der Waals surface area contributed by atoms with Crippen LogP contribution in [0.25, 0.3) is 0 Å². The lowest BCUT2D eigenvalue weighted by molar-refractivity contribution is -0.121. The molecule has 2 fully saturated rings. The molecule has 2 unspecified atom stereocenters. The first kappa shape index (κ1) is 27.2. The zero-order valence-corrected chi connectivity index (χ0v) is 22.8. The molecule has 2 saturated heterocycles. The molecule has 4 atom stereocenters. The number of nitrogens with zero attached hydrogens (tertiary/aromatic N) is 3. The van der Waals surface area contributed by atoms with E-state index in [4.69, 9.17) is 4.74 Å². The molecule has 0 spiro atoms. The second-order valence-electron chi connectivity index (χ2n) is 11.7. The molecule has 2 aromatic rings. The highest BCUT2D eigenvalue weighted by atomic mass is 19.1. The van der Waals surface area contributed by atoms with Gasteiger partial charge in [0.1, 0.15) is 5.82 Å². The molecule has 0 bridgehead atoms. The Balaban J connectivity index is 1.35. The molecule has 0 aromatic heterocycles. The van der Waals surface area contributed by atoms with Crippen molar-refractivity contribution in [2.45, 2.75) is 50.7 Å². The number of ether oxygens (including phenoxy) is 1. The fourth-order valence-corrected chi connectivity index (χ4v) is 6.10. The molecule has 5 rings (SSSR count). The highest BCUT2D eigenvalue weighted by molar-refractivity contribution is 5.97. The van der Waals surface area contributed by atoms with E-state index in [-0.39, 0.29) is 24.4 Å². The molecular formula is C30H41FN4O3. The van der Waals surface area contributed by atoms with Crippen molar-refractivity contribution in [3.8, 4) is 0 Å². The van der Waals surface area contributed by atoms with Crippen LogP contribution in [-0.4, -0.2) is 98.0 Å². The number of anilines is 1. The third-order valence-electron chi connectivity index (χ3n) is 8.50. The lowest BCUT2D eigenvalue weighted by Crippen LogP contribution is -2.62. The van der Waals surface area contributed by atoms with Gasteiger partial charge in [0.25, 0.3) is 0 Å². The van der Waals surface area contributed by atoms with Gasteiger partial charge in [-0.3, -0.25) is 14.6 Å². The van der Waals surface area contributed by atoms with Gasteiger partial charge >= 0.3 is 0 Å². The van der Waals surface area contributed by atoms with Gasteiger partial charge in [0.05, 0.1) is 26.4 Å². The predicted molar refractivity (Wildman–Crippen MR) is 147 cm³/mol. The van der Waals surface area contributed by atoms with Crippen LogP contribution >= 0.6 is 0 Å². The summed E-state index contributed by atoms with van der Waals surface area (Å²) in [6.07, 6.45) is 0.653. The molecule has 206 valence electrons. The molecule has 1 amide bonds. The molecule has 3 heterocycles. The number of aliphatic hydroxyl groups is 1. The number of piperazine rings is 1. The summed E-state index contributed by atoms with van der Waals surface area (Å²) in [7, 11) is 0. The van der Waals surface area contributed by atoms with Crippen molar-refractivity contribution in [2.75, 3.05) is 64.0 Å². The van der Waals surface area contributed by atoms with E-state index in [0.717, 1.165) is 61.8 Å². The summed E-state index contributed by atoms with van der Waals surface area (Å²) >= 11 is 0. The normalized spacial score (nSPS) is 28.4. The molecule has 2 aromatic carbocycles. The van der Waals surface area contributed by atoms with Gasteiger partial charge in [0.2, 0.25) is 5.91 Å². The number of morpholine rings is 1. The summed E-state index contributed by atoms with van der Waals surface area (Å²) < 4.78 is 19.0. The maximum atomic E-state index is 13.9. The van der Waals surface area contributed by atoms with Crippen LogP contribution in [0.1, 0.15) is 37.5 Å². The maximum Gasteiger partial charge on any atom is 0.241 e. The number of hydrogen-bond donors (Lipinski definition) is 2. The van der Waals surface area contributed by atoms with Crippen molar-refractivity contribution in [1.29, 1.82) is 0 Å². The van der Waals surface area contributed by atoms with Gasteiger partial charge in [-0.1, -0.05) is 31.2 Å². The molecule has 8 heteroatoms. The zero-order valence-electron chi connectivity index (χ0n) is 22.8. The topological polar surface area (TPSA) is 68.3 Å². The second-order valence-corrected chi connectivity index (χ2v) is 11.7. The third kappa shape index (κ3) is 5.80. The smallest absolute Gasteiger partial charge is 0.241 e. The summed E-state index contributed by atoms with van der Waals surface area (Å²) in [6, 6.07) is 13.7. The first-order chi connectivity index (χ1) is 18.3. The lowest BCUT2D eigenvalue weighted by atomic mass is 9.85. The van der Waals surface area contributed by atoms with E-state index in [0.29, 0.717) is 31.6 Å². The Labute approximate surface area is 225 Å². The Morgan fingerprint density at radius 3 is 2.66 bits per heavy atom. The Hall–Kier alpha value is -2.36. The average molecular weight is 525 g/mol. The number of benzene rings is 2. The fraction of sp³-hybridized carbons (Fsp3) is 0.567. The number of nitrogens with one attached hydrogen (secondary N) is 1. The Morgan fingerprint density at radius 1 is 1.16 bits per heavy atom. The molecule has 0 saturated carbocycles. The van der Waals surface area contributed by atoms with Gasteiger partial charge in [-0.25, -0.2) is 4.39 Å². The Morgan fingerprint density at radius 2 is 1.92 bits per heavy atom. The van der Waals surface area contributed by atoms with Crippen molar-refractivity contribution < 1.29 is 19.0 Å². The minimum absolute atomic E-state index is 0.0245. The standard InChI is InChI=1S/C30H41FN4O3/c1-21-15-34(26(14-32-21)16-33-10-11-38-18-22(33)2)17-29(37)35-19-30(3,20-36)27-9-6-24(13-28(27)35)12-23-4-7-25(31)8-5-23/h4-9,13,21-22,26,32,36H,10-12,14-20H2,1-3H3/t21-,22?,26-,30?/m1/s1. The molecule has 0 radical (unpaired) electrons. The molecule has 7 nitrogen and oxygen atoms in total. The molecule has 0 aliphatic carbocycles. The minimum Gasteiger partial charge on any atom is -0.395 e. The quantitative estimate of drug-likeness (QED) is 0.580. The van der Waals surface area contributed by atoms with Crippen LogP contribution in [0.2, 0.25) is 0 Å².